The molecular weight excluding hydrogens is 340 g/mol. The lowest BCUT2D eigenvalue weighted by Gasteiger charge is -2.32. The predicted molar refractivity (Wildman–Crippen MR) is 107 cm³/mol. The lowest BCUT2D eigenvalue weighted by molar-refractivity contribution is -0.188. The van der Waals surface area contributed by atoms with Gasteiger partial charge < -0.3 is 19.9 Å². The molecule has 2 aliphatic rings. The van der Waals surface area contributed by atoms with Gasteiger partial charge in [0, 0.05) is 50.0 Å². The zero-order chi connectivity index (χ0) is 19.0. The fourth-order valence-corrected chi connectivity index (χ4v) is 3.16. The van der Waals surface area contributed by atoms with E-state index in [4.69, 9.17) is 19.9 Å². The van der Waals surface area contributed by atoms with Gasteiger partial charge in [0.05, 0.1) is 19.8 Å². The number of rotatable bonds is 6. The van der Waals surface area contributed by atoms with Crippen LogP contribution in [0.3, 0.4) is 0 Å². The lowest BCUT2D eigenvalue weighted by atomic mass is 9.99. The summed E-state index contributed by atoms with van der Waals surface area (Å²) in [7, 11) is 1.68. The SMILES string of the molecule is COC1(OCCCN2CCOCC2)C=CC=C(C#Cc2ccc(N)cc2)C1. The smallest absolute Gasteiger partial charge is 0.192 e. The van der Waals surface area contributed by atoms with Crippen LogP contribution in [-0.2, 0) is 14.2 Å². The molecule has 0 spiro atoms. The Hall–Kier alpha value is -2.10. The maximum absolute atomic E-state index is 6.12. The Morgan fingerprint density at radius 3 is 2.70 bits per heavy atom. The zero-order valence-corrected chi connectivity index (χ0v) is 15.9. The quantitative estimate of drug-likeness (QED) is 0.362. The fraction of sp³-hybridized carbons (Fsp3) is 0.455. The van der Waals surface area contributed by atoms with Gasteiger partial charge in [-0.2, -0.15) is 0 Å². The summed E-state index contributed by atoms with van der Waals surface area (Å²) in [6.07, 6.45) is 7.52. The van der Waals surface area contributed by atoms with Crippen molar-refractivity contribution in [2.24, 2.45) is 0 Å². The van der Waals surface area contributed by atoms with E-state index in [0.29, 0.717) is 13.0 Å². The van der Waals surface area contributed by atoms with Crippen LogP contribution in [0.5, 0.6) is 0 Å². The number of nitrogens with zero attached hydrogens (tertiary/aromatic N) is 1. The van der Waals surface area contributed by atoms with Gasteiger partial charge in [0.1, 0.15) is 0 Å². The summed E-state index contributed by atoms with van der Waals surface area (Å²) < 4.78 is 17.2. The van der Waals surface area contributed by atoms with E-state index in [2.05, 4.69) is 16.7 Å². The monoisotopic (exact) mass is 368 g/mol. The van der Waals surface area contributed by atoms with Gasteiger partial charge in [-0.15, -0.1) is 0 Å². The molecular formula is C22H28N2O3. The van der Waals surface area contributed by atoms with E-state index in [-0.39, 0.29) is 0 Å². The van der Waals surface area contributed by atoms with Crippen molar-refractivity contribution in [3.05, 3.63) is 53.6 Å². The first kappa shape index (κ1) is 19.7. The Labute approximate surface area is 161 Å². The van der Waals surface area contributed by atoms with Crippen LogP contribution in [0.2, 0.25) is 0 Å². The second-order valence-corrected chi connectivity index (χ2v) is 6.77. The molecule has 0 radical (unpaired) electrons. The van der Waals surface area contributed by atoms with Gasteiger partial charge in [-0.1, -0.05) is 24.0 Å². The number of ether oxygens (including phenoxy) is 3. The van der Waals surface area contributed by atoms with Crippen molar-refractivity contribution in [3.8, 4) is 11.8 Å². The van der Waals surface area contributed by atoms with Gasteiger partial charge in [-0.3, -0.25) is 4.90 Å². The molecule has 1 aliphatic carbocycles. The van der Waals surface area contributed by atoms with Crippen LogP contribution in [0, 0.1) is 11.8 Å². The van der Waals surface area contributed by atoms with Crippen LogP contribution >= 0.6 is 0 Å². The molecule has 144 valence electrons. The Morgan fingerprint density at radius 1 is 1.19 bits per heavy atom. The normalized spacial score (nSPS) is 22.8. The van der Waals surface area contributed by atoms with Gasteiger partial charge in [0.25, 0.3) is 0 Å². The number of methoxy groups -OCH3 is 1. The number of nitrogens with two attached hydrogens (primary N) is 1. The van der Waals surface area contributed by atoms with Crippen molar-refractivity contribution >= 4 is 5.69 Å². The lowest BCUT2D eigenvalue weighted by Crippen LogP contribution is -2.38. The third-order valence-electron chi connectivity index (χ3n) is 4.78. The molecule has 1 fully saturated rings. The van der Waals surface area contributed by atoms with E-state index in [9.17, 15) is 0 Å². The second-order valence-electron chi connectivity index (χ2n) is 6.77. The summed E-state index contributed by atoms with van der Waals surface area (Å²) in [6.45, 7) is 5.32. The average molecular weight is 368 g/mol. The molecule has 1 aromatic carbocycles. The van der Waals surface area contributed by atoms with Crippen molar-refractivity contribution < 1.29 is 14.2 Å². The minimum absolute atomic E-state index is 0.611. The average Bonchev–Trinajstić information content (AvgIpc) is 2.72. The van der Waals surface area contributed by atoms with Gasteiger partial charge in [0.2, 0.25) is 0 Å². The first-order valence-corrected chi connectivity index (χ1v) is 9.44. The maximum Gasteiger partial charge on any atom is 0.192 e. The van der Waals surface area contributed by atoms with E-state index in [1.54, 1.807) is 7.11 Å². The highest BCUT2D eigenvalue weighted by Crippen LogP contribution is 2.27. The number of anilines is 1. The van der Waals surface area contributed by atoms with E-state index < -0.39 is 5.79 Å². The zero-order valence-electron chi connectivity index (χ0n) is 15.9. The van der Waals surface area contributed by atoms with Crippen LogP contribution in [0.1, 0.15) is 18.4 Å². The summed E-state index contributed by atoms with van der Waals surface area (Å²) in [5, 5.41) is 0. The summed E-state index contributed by atoms with van der Waals surface area (Å²) in [5.41, 5.74) is 8.38. The van der Waals surface area contributed by atoms with E-state index in [0.717, 1.165) is 56.1 Å². The molecule has 1 saturated heterocycles. The molecule has 5 nitrogen and oxygen atoms in total. The van der Waals surface area contributed by atoms with Gasteiger partial charge in [-0.05, 0) is 36.8 Å². The number of benzene rings is 1. The maximum atomic E-state index is 6.12. The van der Waals surface area contributed by atoms with Crippen molar-refractivity contribution in [1.82, 2.24) is 4.90 Å². The minimum Gasteiger partial charge on any atom is -0.399 e. The molecule has 0 bridgehead atoms. The molecule has 1 atom stereocenters. The molecule has 0 amide bonds. The first-order valence-electron chi connectivity index (χ1n) is 9.44. The van der Waals surface area contributed by atoms with Crippen molar-refractivity contribution in [2.45, 2.75) is 18.6 Å². The predicted octanol–water partition coefficient (Wildman–Crippen LogP) is 2.59. The third kappa shape index (κ3) is 5.95. The Bertz CT molecular complexity index is 724. The summed E-state index contributed by atoms with van der Waals surface area (Å²) in [6, 6.07) is 7.56. The van der Waals surface area contributed by atoms with Crippen LogP contribution in [-0.4, -0.2) is 57.3 Å². The molecule has 0 aromatic heterocycles. The number of allylic oxidation sites excluding steroid dienone is 2. The molecule has 3 rings (SSSR count). The van der Waals surface area contributed by atoms with Gasteiger partial charge in [0.15, 0.2) is 5.79 Å². The molecule has 2 N–H and O–H groups in total. The molecule has 1 heterocycles. The fourth-order valence-electron chi connectivity index (χ4n) is 3.16. The Balaban J connectivity index is 1.51. The van der Waals surface area contributed by atoms with Crippen LogP contribution < -0.4 is 5.73 Å². The topological polar surface area (TPSA) is 57.0 Å². The third-order valence-corrected chi connectivity index (χ3v) is 4.78. The van der Waals surface area contributed by atoms with E-state index in [1.165, 1.54) is 0 Å². The highest BCUT2D eigenvalue weighted by molar-refractivity contribution is 5.48. The van der Waals surface area contributed by atoms with E-state index in [1.807, 2.05) is 42.5 Å². The van der Waals surface area contributed by atoms with Crippen molar-refractivity contribution in [2.75, 3.05) is 52.3 Å². The van der Waals surface area contributed by atoms with Crippen LogP contribution in [0.25, 0.3) is 0 Å². The largest absolute Gasteiger partial charge is 0.399 e. The highest BCUT2D eigenvalue weighted by Gasteiger charge is 2.30. The standard InChI is InChI=1S/C22H28N2O3/c1-25-22(27-15-3-12-24-13-16-26-17-14-24)11-2-4-20(18-22)6-5-19-7-9-21(23)10-8-19/h2,4,7-11H,3,12-18,23H2,1H3. The first-order chi connectivity index (χ1) is 13.2. The minimum atomic E-state index is -0.731. The van der Waals surface area contributed by atoms with Gasteiger partial charge >= 0.3 is 0 Å². The number of morpholine rings is 1. The summed E-state index contributed by atoms with van der Waals surface area (Å²) in [4.78, 5) is 2.41. The Kier molecular flexibility index (Phi) is 7.08. The molecule has 1 aromatic rings. The summed E-state index contributed by atoms with van der Waals surface area (Å²) >= 11 is 0. The van der Waals surface area contributed by atoms with Crippen LogP contribution in [0.4, 0.5) is 5.69 Å². The summed E-state index contributed by atoms with van der Waals surface area (Å²) in [5.74, 6) is 5.67. The molecule has 1 unspecified atom stereocenters. The molecule has 27 heavy (non-hydrogen) atoms. The van der Waals surface area contributed by atoms with Gasteiger partial charge in [-0.25, -0.2) is 0 Å². The van der Waals surface area contributed by atoms with Crippen LogP contribution in [0.15, 0.2) is 48.1 Å². The molecule has 1 aliphatic heterocycles. The molecule has 0 saturated carbocycles. The Morgan fingerprint density at radius 2 is 1.96 bits per heavy atom. The van der Waals surface area contributed by atoms with E-state index >= 15 is 0 Å². The van der Waals surface area contributed by atoms with Crippen molar-refractivity contribution in [1.29, 1.82) is 0 Å². The second kappa shape index (κ2) is 9.72. The van der Waals surface area contributed by atoms with Crippen molar-refractivity contribution in [3.63, 3.8) is 0 Å². The number of nitrogen functional groups attached to an aromatic ring is 1. The number of hydrogen-bond donors (Lipinski definition) is 1. The molecule has 5 heteroatoms. The highest BCUT2D eigenvalue weighted by atomic mass is 16.7. The number of hydrogen-bond acceptors (Lipinski definition) is 5.